The highest BCUT2D eigenvalue weighted by Crippen LogP contribution is 2.38. The molecule has 0 bridgehead atoms. The first kappa shape index (κ1) is 13.3. The summed E-state index contributed by atoms with van der Waals surface area (Å²) >= 11 is 0. The molecular formula is C15H21N3O2. The molecule has 3 rings (SSSR count). The molecule has 0 aliphatic heterocycles. The van der Waals surface area contributed by atoms with Crippen LogP contribution in [0.2, 0.25) is 0 Å². The van der Waals surface area contributed by atoms with E-state index in [2.05, 4.69) is 20.8 Å². The van der Waals surface area contributed by atoms with Crippen LogP contribution in [-0.4, -0.2) is 25.8 Å². The molecule has 2 aliphatic rings. The molecule has 1 aromatic heterocycles. The summed E-state index contributed by atoms with van der Waals surface area (Å²) in [5.41, 5.74) is 0. The van der Waals surface area contributed by atoms with Crippen molar-refractivity contribution in [2.75, 3.05) is 0 Å². The maximum Gasteiger partial charge on any atom is 0.307 e. The maximum atomic E-state index is 11.5. The van der Waals surface area contributed by atoms with Crippen molar-refractivity contribution in [2.24, 2.45) is 5.92 Å². The molecule has 5 heteroatoms. The topological polar surface area (TPSA) is 68.0 Å². The van der Waals surface area contributed by atoms with Crippen molar-refractivity contribution in [3.05, 3.63) is 23.8 Å². The predicted molar refractivity (Wildman–Crippen MR) is 74.5 cm³/mol. The number of aryl methyl sites for hydroxylation is 1. The molecule has 2 aliphatic carbocycles. The molecule has 1 heterocycles. The van der Waals surface area contributed by atoms with E-state index in [0.29, 0.717) is 12.5 Å². The molecule has 0 unspecified atom stereocenters. The zero-order valence-corrected chi connectivity index (χ0v) is 11.8. The minimum Gasteiger partial charge on any atom is -0.481 e. The monoisotopic (exact) mass is 275 g/mol. The first-order valence-electron chi connectivity index (χ1n) is 7.47. The lowest BCUT2D eigenvalue weighted by atomic mass is 9.82. The van der Waals surface area contributed by atoms with Crippen LogP contribution in [0.4, 0.5) is 0 Å². The number of allylic oxidation sites excluding steroid dienone is 2. The fraction of sp³-hybridized carbons (Fsp3) is 0.667. The average molecular weight is 275 g/mol. The molecule has 2 atom stereocenters. The molecule has 1 saturated carbocycles. The van der Waals surface area contributed by atoms with Crippen molar-refractivity contribution in [3.8, 4) is 0 Å². The summed E-state index contributed by atoms with van der Waals surface area (Å²) in [7, 11) is 0. The first-order valence-corrected chi connectivity index (χ1v) is 7.47. The molecule has 0 aromatic carbocycles. The Morgan fingerprint density at radius 1 is 1.25 bits per heavy atom. The second-order valence-electron chi connectivity index (χ2n) is 5.91. The number of aliphatic carboxylic acids is 1. The molecular weight excluding hydrogens is 254 g/mol. The standard InChI is InChI=1S/C15H21N3O2/c1-10-16-17-14(18(10)11-6-2-3-7-11)12-8-4-5-9-13(12)15(19)20/h4-5,11-13H,2-3,6-9H2,1H3,(H,19,20)/t12-,13+/m1/s1. The number of carboxylic acid groups (broad SMARTS) is 1. The Morgan fingerprint density at radius 2 is 1.95 bits per heavy atom. The van der Waals surface area contributed by atoms with Gasteiger partial charge in [0.25, 0.3) is 0 Å². The van der Waals surface area contributed by atoms with E-state index in [9.17, 15) is 9.90 Å². The number of hydrogen-bond donors (Lipinski definition) is 1. The van der Waals surface area contributed by atoms with Crippen LogP contribution in [0.3, 0.4) is 0 Å². The molecule has 5 nitrogen and oxygen atoms in total. The number of aromatic nitrogens is 3. The summed E-state index contributed by atoms with van der Waals surface area (Å²) in [6, 6.07) is 0.459. The van der Waals surface area contributed by atoms with Crippen molar-refractivity contribution in [1.29, 1.82) is 0 Å². The Hall–Kier alpha value is -1.65. The Kier molecular flexibility index (Phi) is 3.59. The summed E-state index contributed by atoms with van der Waals surface area (Å²) in [6.07, 6.45) is 10.2. The van der Waals surface area contributed by atoms with E-state index in [0.717, 1.165) is 30.9 Å². The van der Waals surface area contributed by atoms with Crippen LogP contribution in [0.25, 0.3) is 0 Å². The minimum atomic E-state index is -0.724. The molecule has 108 valence electrons. The first-order chi connectivity index (χ1) is 9.68. The van der Waals surface area contributed by atoms with E-state index >= 15 is 0 Å². The van der Waals surface area contributed by atoms with Crippen molar-refractivity contribution >= 4 is 5.97 Å². The molecule has 0 saturated heterocycles. The largest absolute Gasteiger partial charge is 0.481 e. The van der Waals surface area contributed by atoms with Crippen LogP contribution >= 0.6 is 0 Å². The lowest BCUT2D eigenvalue weighted by Crippen LogP contribution is -2.27. The fourth-order valence-corrected chi connectivity index (χ4v) is 3.62. The third-order valence-corrected chi connectivity index (χ3v) is 4.66. The van der Waals surface area contributed by atoms with Crippen LogP contribution in [0, 0.1) is 12.8 Å². The third-order valence-electron chi connectivity index (χ3n) is 4.66. The quantitative estimate of drug-likeness (QED) is 0.861. The highest BCUT2D eigenvalue weighted by molar-refractivity contribution is 5.71. The summed E-state index contributed by atoms with van der Waals surface area (Å²) in [5, 5.41) is 18.0. The van der Waals surface area contributed by atoms with Crippen molar-refractivity contribution < 1.29 is 9.90 Å². The summed E-state index contributed by atoms with van der Waals surface area (Å²) < 4.78 is 2.22. The normalized spacial score (nSPS) is 27.1. The molecule has 20 heavy (non-hydrogen) atoms. The van der Waals surface area contributed by atoms with Crippen LogP contribution < -0.4 is 0 Å². The summed E-state index contributed by atoms with van der Waals surface area (Å²) in [6.45, 7) is 1.98. The second-order valence-corrected chi connectivity index (χ2v) is 5.91. The molecule has 1 fully saturated rings. The van der Waals surface area contributed by atoms with Crippen LogP contribution in [0.1, 0.15) is 62.1 Å². The van der Waals surface area contributed by atoms with Gasteiger partial charge in [0.1, 0.15) is 11.6 Å². The van der Waals surface area contributed by atoms with E-state index < -0.39 is 5.97 Å². The highest BCUT2D eigenvalue weighted by Gasteiger charge is 2.35. The van der Waals surface area contributed by atoms with Crippen LogP contribution in [0.15, 0.2) is 12.2 Å². The van der Waals surface area contributed by atoms with Gasteiger partial charge >= 0.3 is 5.97 Å². The minimum absolute atomic E-state index is 0.0423. The number of nitrogens with zero attached hydrogens (tertiary/aromatic N) is 3. The van der Waals surface area contributed by atoms with Crippen molar-refractivity contribution in [2.45, 2.75) is 57.4 Å². The van der Waals surface area contributed by atoms with Crippen molar-refractivity contribution in [1.82, 2.24) is 14.8 Å². The van der Waals surface area contributed by atoms with E-state index in [4.69, 9.17) is 0 Å². The van der Waals surface area contributed by atoms with Gasteiger partial charge in [-0.05, 0) is 32.6 Å². The van der Waals surface area contributed by atoms with Crippen molar-refractivity contribution in [3.63, 3.8) is 0 Å². The van der Waals surface area contributed by atoms with E-state index in [1.165, 1.54) is 12.8 Å². The fourth-order valence-electron chi connectivity index (χ4n) is 3.62. The zero-order valence-electron chi connectivity index (χ0n) is 11.8. The summed E-state index contributed by atoms with van der Waals surface area (Å²) in [5.74, 6) is 0.665. The van der Waals surface area contributed by atoms with E-state index in [1.807, 2.05) is 13.0 Å². The number of carboxylic acids is 1. The van der Waals surface area contributed by atoms with E-state index in [1.54, 1.807) is 0 Å². The second kappa shape index (κ2) is 5.38. The van der Waals surface area contributed by atoms with Gasteiger partial charge < -0.3 is 9.67 Å². The van der Waals surface area contributed by atoms with Gasteiger partial charge in [-0.25, -0.2) is 0 Å². The Balaban J connectivity index is 1.96. The van der Waals surface area contributed by atoms with Crippen LogP contribution in [0.5, 0.6) is 0 Å². The van der Waals surface area contributed by atoms with Gasteiger partial charge in [-0.1, -0.05) is 25.0 Å². The Morgan fingerprint density at radius 3 is 2.65 bits per heavy atom. The van der Waals surface area contributed by atoms with Crippen LogP contribution in [-0.2, 0) is 4.79 Å². The Labute approximate surface area is 118 Å². The van der Waals surface area contributed by atoms with Gasteiger partial charge in [0.05, 0.1) is 5.92 Å². The molecule has 1 aromatic rings. The summed E-state index contributed by atoms with van der Waals surface area (Å²) in [4.78, 5) is 11.5. The highest BCUT2D eigenvalue weighted by atomic mass is 16.4. The number of rotatable bonds is 3. The molecule has 1 N–H and O–H groups in total. The SMILES string of the molecule is Cc1nnc([C@@H]2CC=CC[C@@H]2C(=O)O)n1C1CCCC1. The predicted octanol–water partition coefficient (Wildman–Crippen LogP) is 2.84. The molecule has 0 radical (unpaired) electrons. The molecule has 0 spiro atoms. The van der Waals surface area contributed by atoms with Gasteiger partial charge in [0.2, 0.25) is 0 Å². The van der Waals surface area contributed by atoms with E-state index in [-0.39, 0.29) is 11.8 Å². The van der Waals surface area contributed by atoms with Gasteiger partial charge in [-0.15, -0.1) is 10.2 Å². The lowest BCUT2D eigenvalue weighted by molar-refractivity contribution is -0.142. The third kappa shape index (κ3) is 2.25. The van der Waals surface area contributed by atoms with Gasteiger partial charge in [0.15, 0.2) is 0 Å². The lowest BCUT2D eigenvalue weighted by Gasteiger charge is -2.27. The number of carbonyl (C=O) groups is 1. The van der Waals surface area contributed by atoms with Gasteiger partial charge in [-0.3, -0.25) is 4.79 Å². The Bertz CT molecular complexity index is 529. The average Bonchev–Trinajstić information content (AvgIpc) is 3.07. The molecule has 0 amide bonds. The van der Waals surface area contributed by atoms with Gasteiger partial charge in [-0.2, -0.15) is 0 Å². The van der Waals surface area contributed by atoms with Gasteiger partial charge in [0, 0.05) is 12.0 Å². The maximum absolute atomic E-state index is 11.5. The smallest absolute Gasteiger partial charge is 0.307 e. The zero-order chi connectivity index (χ0) is 14.1. The number of hydrogen-bond acceptors (Lipinski definition) is 3.